The molecule has 5 nitrogen and oxygen atoms in total. The number of Topliss-reactive ketones (excluding diaryl/α,β-unsaturated/α-hetero) is 1. The predicted molar refractivity (Wildman–Crippen MR) is 111 cm³/mol. The Balaban J connectivity index is 1.42. The van der Waals surface area contributed by atoms with Crippen molar-refractivity contribution in [1.82, 2.24) is 4.90 Å². The summed E-state index contributed by atoms with van der Waals surface area (Å²) in [5, 5.41) is 0. The quantitative estimate of drug-likeness (QED) is 0.794. The zero-order valence-electron chi connectivity index (χ0n) is 17.3. The molecule has 0 aromatic heterocycles. The summed E-state index contributed by atoms with van der Waals surface area (Å²) >= 11 is 0. The van der Waals surface area contributed by atoms with Crippen molar-refractivity contribution in [2.75, 3.05) is 20.2 Å². The number of hydrogen-bond acceptors (Lipinski definition) is 4. The van der Waals surface area contributed by atoms with Crippen molar-refractivity contribution in [1.29, 1.82) is 0 Å². The Bertz CT molecular complexity index is 940. The van der Waals surface area contributed by atoms with E-state index in [0.717, 1.165) is 28.2 Å². The van der Waals surface area contributed by atoms with Crippen LogP contribution in [0.1, 0.15) is 46.3 Å². The Morgan fingerprint density at radius 3 is 2.45 bits per heavy atom. The second-order valence-electron chi connectivity index (χ2n) is 8.17. The Kier molecular flexibility index (Phi) is 5.07. The van der Waals surface area contributed by atoms with E-state index >= 15 is 0 Å². The van der Waals surface area contributed by atoms with Crippen LogP contribution in [0, 0.1) is 13.8 Å². The van der Waals surface area contributed by atoms with Crippen molar-refractivity contribution in [3.8, 4) is 11.5 Å². The minimum Gasteiger partial charge on any atom is -0.497 e. The van der Waals surface area contributed by atoms with Gasteiger partial charge in [-0.3, -0.25) is 9.59 Å². The Morgan fingerprint density at radius 2 is 1.79 bits per heavy atom. The highest BCUT2D eigenvalue weighted by Gasteiger charge is 2.44. The van der Waals surface area contributed by atoms with Crippen LogP contribution in [0.25, 0.3) is 0 Å². The van der Waals surface area contributed by atoms with Gasteiger partial charge in [0.05, 0.1) is 25.5 Å². The van der Waals surface area contributed by atoms with Crippen LogP contribution in [-0.4, -0.2) is 42.4 Å². The molecule has 0 atom stereocenters. The molecule has 1 saturated heterocycles. The van der Waals surface area contributed by atoms with Crippen molar-refractivity contribution in [3.63, 3.8) is 0 Å². The lowest BCUT2D eigenvalue weighted by Crippen LogP contribution is -2.52. The number of benzene rings is 2. The molecule has 0 unspecified atom stereocenters. The summed E-state index contributed by atoms with van der Waals surface area (Å²) < 4.78 is 11.6. The fourth-order valence-corrected chi connectivity index (χ4v) is 4.25. The fourth-order valence-electron chi connectivity index (χ4n) is 4.25. The molecule has 1 fully saturated rings. The third-order valence-corrected chi connectivity index (χ3v) is 6.32. The number of carbonyl (C=O) groups is 2. The van der Waals surface area contributed by atoms with Crippen molar-refractivity contribution >= 4 is 11.7 Å². The molecule has 2 aliphatic rings. The Hall–Kier alpha value is -2.82. The first-order valence-electron chi connectivity index (χ1n) is 10.1. The lowest BCUT2D eigenvalue weighted by atomic mass is 9.81. The summed E-state index contributed by atoms with van der Waals surface area (Å²) in [6.07, 6.45) is 2.13. The normalized spacial score (nSPS) is 17.6. The third-order valence-electron chi connectivity index (χ3n) is 6.32. The lowest BCUT2D eigenvalue weighted by molar-refractivity contribution is -0.134. The number of methoxy groups -OCH3 is 1. The van der Waals surface area contributed by atoms with Gasteiger partial charge in [-0.2, -0.15) is 0 Å². The van der Waals surface area contributed by atoms with Crippen molar-refractivity contribution in [3.05, 3.63) is 58.7 Å². The van der Waals surface area contributed by atoms with Crippen molar-refractivity contribution < 1.29 is 19.1 Å². The zero-order valence-corrected chi connectivity index (χ0v) is 17.3. The van der Waals surface area contributed by atoms with Crippen LogP contribution in [0.4, 0.5) is 0 Å². The van der Waals surface area contributed by atoms with E-state index in [1.54, 1.807) is 7.11 Å². The molecule has 1 amide bonds. The third kappa shape index (κ3) is 3.74. The van der Waals surface area contributed by atoms with Crippen LogP contribution >= 0.6 is 0 Å². The summed E-state index contributed by atoms with van der Waals surface area (Å²) in [6, 6.07) is 11.4. The van der Waals surface area contributed by atoms with E-state index in [0.29, 0.717) is 44.3 Å². The minimum atomic E-state index is -0.487. The maximum Gasteiger partial charge on any atom is 0.226 e. The molecule has 0 saturated carbocycles. The van der Waals surface area contributed by atoms with E-state index in [9.17, 15) is 9.59 Å². The van der Waals surface area contributed by atoms with Gasteiger partial charge in [0.1, 0.15) is 17.1 Å². The number of carbonyl (C=O) groups excluding carboxylic acids is 2. The van der Waals surface area contributed by atoms with Crippen LogP contribution in [0.5, 0.6) is 11.5 Å². The van der Waals surface area contributed by atoms with Crippen LogP contribution in [0.3, 0.4) is 0 Å². The summed E-state index contributed by atoms with van der Waals surface area (Å²) in [6.45, 7) is 5.27. The zero-order chi connectivity index (χ0) is 20.6. The second-order valence-corrected chi connectivity index (χ2v) is 8.17. The molecule has 1 spiro atoms. The van der Waals surface area contributed by atoms with Crippen LogP contribution < -0.4 is 9.47 Å². The van der Waals surface area contributed by atoms with Gasteiger partial charge in [0, 0.05) is 25.9 Å². The molecular formula is C24H27NO4. The topological polar surface area (TPSA) is 55.8 Å². The minimum absolute atomic E-state index is 0.111. The number of ketones is 1. The number of rotatable bonds is 3. The SMILES string of the molecule is COc1ccc(CC(=O)N2CCC3(CC2)CC(=O)c2ccc(C)c(C)c2O3)cc1. The highest BCUT2D eigenvalue weighted by molar-refractivity contribution is 6.01. The molecule has 0 radical (unpaired) electrons. The average molecular weight is 393 g/mol. The van der Waals surface area contributed by atoms with Gasteiger partial charge in [0.25, 0.3) is 0 Å². The van der Waals surface area contributed by atoms with Crippen LogP contribution in [0.2, 0.25) is 0 Å². The number of aryl methyl sites for hydroxylation is 1. The number of ether oxygens (including phenoxy) is 2. The second kappa shape index (κ2) is 7.54. The summed E-state index contributed by atoms with van der Waals surface area (Å²) in [5.74, 6) is 1.78. The largest absolute Gasteiger partial charge is 0.497 e. The van der Waals surface area contributed by atoms with Gasteiger partial charge >= 0.3 is 0 Å². The number of nitrogens with zero attached hydrogens (tertiary/aromatic N) is 1. The molecule has 0 bridgehead atoms. The molecule has 2 heterocycles. The van der Waals surface area contributed by atoms with Crippen LogP contribution in [-0.2, 0) is 11.2 Å². The van der Waals surface area contributed by atoms with Crippen LogP contribution in [0.15, 0.2) is 36.4 Å². The molecule has 29 heavy (non-hydrogen) atoms. The molecule has 4 rings (SSSR count). The van der Waals surface area contributed by atoms with Gasteiger partial charge < -0.3 is 14.4 Å². The Morgan fingerprint density at radius 1 is 1.10 bits per heavy atom. The monoisotopic (exact) mass is 393 g/mol. The van der Waals surface area contributed by atoms with Gasteiger partial charge in [0.2, 0.25) is 5.91 Å². The van der Waals surface area contributed by atoms with Crippen molar-refractivity contribution in [2.45, 2.75) is 45.1 Å². The summed E-state index contributed by atoms with van der Waals surface area (Å²) in [5.41, 5.74) is 3.34. The van der Waals surface area contributed by atoms with Gasteiger partial charge in [-0.25, -0.2) is 0 Å². The standard InChI is InChI=1S/C24H27NO4/c1-16-4-9-20-21(26)15-24(29-23(20)17(16)2)10-12-25(13-11-24)22(27)14-18-5-7-19(28-3)8-6-18/h4-9H,10-15H2,1-3H3. The molecule has 2 aromatic carbocycles. The van der Waals surface area contributed by atoms with E-state index < -0.39 is 5.60 Å². The smallest absolute Gasteiger partial charge is 0.226 e. The summed E-state index contributed by atoms with van der Waals surface area (Å²) in [7, 11) is 1.63. The van der Waals surface area contributed by atoms with E-state index in [2.05, 4.69) is 0 Å². The van der Waals surface area contributed by atoms with Gasteiger partial charge in [-0.1, -0.05) is 18.2 Å². The molecular weight excluding hydrogens is 366 g/mol. The number of hydrogen-bond donors (Lipinski definition) is 0. The highest BCUT2D eigenvalue weighted by Crippen LogP contribution is 2.41. The number of amides is 1. The maximum atomic E-state index is 12.8. The Labute approximate surface area is 171 Å². The summed E-state index contributed by atoms with van der Waals surface area (Å²) in [4.78, 5) is 27.4. The highest BCUT2D eigenvalue weighted by atomic mass is 16.5. The number of fused-ring (bicyclic) bond motifs is 1. The predicted octanol–water partition coefficient (Wildman–Crippen LogP) is 3.88. The first-order chi connectivity index (χ1) is 13.9. The van der Waals surface area contributed by atoms with Crippen molar-refractivity contribution in [2.24, 2.45) is 0 Å². The van der Waals surface area contributed by atoms with Gasteiger partial charge in [-0.05, 0) is 48.7 Å². The van der Waals surface area contributed by atoms with E-state index in [1.165, 1.54) is 0 Å². The first kappa shape index (κ1) is 19.5. The number of piperidine rings is 1. The molecule has 5 heteroatoms. The number of likely N-dealkylation sites (tertiary alicyclic amines) is 1. The molecule has 0 N–H and O–H groups in total. The van der Waals surface area contributed by atoms with E-state index in [-0.39, 0.29) is 11.7 Å². The fraction of sp³-hybridized carbons (Fsp3) is 0.417. The average Bonchev–Trinajstić information content (AvgIpc) is 2.72. The lowest BCUT2D eigenvalue weighted by Gasteiger charge is -2.44. The van der Waals surface area contributed by atoms with E-state index in [1.807, 2.05) is 55.1 Å². The molecule has 152 valence electrons. The van der Waals surface area contributed by atoms with E-state index in [4.69, 9.17) is 9.47 Å². The molecule has 0 aliphatic carbocycles. The maximum absolute atomic E-state index is 12.8. The first-order valence-corrected chi connectivity index (χ1v) is 10.1. The van der Waals surface area contributed by atoms with Gasteiger partial charge in [-0.15, -0.1) is 0 Å². The molecule has 2 aliphatic heterocycles. The van der Waals surface area contributed by atoms with Gasteiger partial charge in [0.15, 0.2) is 5.78 Å². The molecule has 2 aromatic rings.